The zero-order valence-electron chi connectivity index (χ0n) is 14.7. The molecular weight excluding hydrogens is 316 g/mol. The quantitative estimate of drug-likeness (QED) is 0.825. The maximum Gasteiger partial charge on any atom is 0.262 e. The molecule has 0 saturated heterocycles. The van der Waals surface area contributed by atoms with Crippen molar-refractivity contribution in [3.8, 4) is 17.6 Å². The Morgan fingerprint density at radius 3 is 2.52 bits per heavy atom. The van der Waals surface area contributed by atoms with Crippen molar-refractivity contribution < 1.29 is 14.3 Å². The number of nitriles is 1. The van der Waals surface area contributed by atoms with Gasteiger partial charge < -0.3 is 14.8 Å². The number of amides is 1. The molecule has 25 heavy (non-hydrogen) atoms. The van der Waals surface area contributed by atoms with Gasteiger partial charge >= 0.3 is 0 Å². The van der Waals surface area contributed by atoms with Gasteiger partial charge in [0.1, 0.15) is 0 Å². The molecule has 0 spiro atoms. The van der Waals surface area contributed by atoms with Gasteiger partial charge in [-0.25, -0.2) is 0 Å². The summed E-state index contributed by atoms with van der Waals surface area (Å²) in [5.74, 6) is 1.08. The average Bonchev–Trinajstić information content (AvgIpc) is 2.66. The SMILES string of the molecule is CC[C@H](C)c1ccc(NC(=O)COc2ccc(C#N)cc2OC)cc1. The summed E-state index contributed by atoms with van der Waals surface area (Å²) in [7, 11) is 1.49. The van der Waals surface area contributed by atoms with Gasteiger partial charge in [0.15, 0.2) is 18.1 Å². The number of ether oxygens (including phenoxy) is 2. The summed E-state index contributed by atoms with van der Waals surface area (Å²) in [6, 6.07) is 14.7. The summed E-state index contributed by atoms with van der Waals surface area (Å²) in [4.78, 5) is 12.1. The molecule has 0 aromatic heterocycles. The van der Waals surface area contributed by atoms with Crippen LogP contribution in [0.2, 0.25) is 0 Å². The number of methoxy groups -OCH3 is 1. The van der Waals surface area contributed by atoms with Crippen molar-refractivity contribution in [1.29, 1.82) is 5.26 Å². The number of nitrogens with zero attached hydrogens (tertiary/aromatic N) is 1. The van der Waals surface area contributed by atoms with Gasteiger partial charge in [0.2, 0.25) is 0 Å². The molecule has 5 nitrogen and oxygen atoms in total. The number of anilines is 1. The van der Waals surface area contributed by atoms with Crippen molar-refractivity contribution in [2.45, 2.75) is 26.2 Å². The van der Waals surface area contributed by atoms with E-state index in [1.807, 2.05) is 30.3 Å². The van der Waals surface area contributed by atoms with E-state index in [1.165, 1.54) is 12.7 Å². The van der Waals surface area contributed by atoms with Crippen LogP contribution in [0.3, 0.4) is 0 Å². The first-order valence-corrected chi connectivity index (χ1v) is 8.18. The van der Waals surface area contributed by atoms with Crippen molar-refractivity contribution >= 4 is 11.6 Å². The minimum absolute atomic E-state index is 0.143. The maximum absolute atomic E-state index is 12.1. The van der Waals surface area contributed by atoms with Gasteiger partial charge in [0.25, 0.3) is 5.91 Å². The molecule has 0 aliphatic heterocycles. The molecule has 2 aromatic rings. The minimum atomic E-state index is -0.261. The summed E-state index contributed by atoms with van der Waals surface area (Å²) in [6.45, 7) is 4.18. The summed E-state index contributed by atoms with van der Waals surface area (Å²) >= 11 is 0. The fourth-order valence-corrected chi connectivity index (χ4v) is 2.33. The van der Waals surface area contributed by atoms with Crippen molar-refractivity contribution in [2.75, 3.05) is 19.0 Å². The second kappa shape index (κ2) is 8.74. The van der Waals surface area contributed by atoms with Crippen molar-refractivity contribution in [2.24, 2.45) is 0 Å². The normalized spacial score (nSPS) is 11.3. The molecule has 1 amide bonds. The molecule has 5 heteroatoms. The molecule has 0 fully saturated rings. The largest absolute Gasteiger partial charge is 0.493 e. The lowest BCUT2D eigenvalue weighted by molar-refractivity contribution is -0.118. The van der Waals surface area contributed by atoms with Gasteiger partial charge in [-0.05, 0) is 42.2 Å². The van der Waals surface area contributed by atoms with Crippen LogP contribution in [0.1, 0.15) is 37.3 Å². The van der Waals surface area contributed by atoms with E-state index in [2.05, 4.69) is 19.2 Å². The van der Waals surface area contributed by atoms with E-state index in [-0.39, 0.29) is 12.5 Å². The lowest BCUT2D eigenvalue weighted by atomic mass is 9.99. The Labute approximate surface area is 148 Å². The standard InChI is InChI=1S/C20H22N2O3/c1-4-14(2)16-6-8-17(9-7-16)22-20(23)13-25-18-10-5-15(12-21)11-19(18)24-3/h5-11,14H,4,13H2,1-3H3,(H,22,23)/t14-/m0/s1. The van der Waals surface area contributed by atoms with Crippen LogP contribution in [0.15, 0.2) is 42.5 Å². The van der Waals surface area contributed by atoms with Crippen molar-refractivity contribution in [1.82, 2.24) is 0 Å². The lowest BCUT2D eigenvalue weighted by Crippen LogP contribution is -2.20. The zero-order valence-corrected chi connectivity index (χ0v) is 14.7. The second-order valence-corrected chi connectivity index (χ2v) is 5.75. The number of carbonyl (C=O) groups is 1. The minimum Gasteiger partial charge on any atom is -0.493 e. The van der Waals surface area contributed by atoms with Crippen LogP contribution < -0.4 is 14.8 Å². The number of benzene rings is 2. The van der Waals surface area contributed by atoms with Crippen LogP contribution in [0, 0.1) is 11.3 Å². The Kier molecular flexibility index (Phi) is 6.41. The topological polar surface area (TPSA) is 71.3 Å². The Balaban J connectivity index is 1.94. The Bertz CT molecular complexity index is 764. The van der Waals surface area contributed by atoms with E-state index in [4.69, 9.17) is 14.7 Å². The smallest absolute Gasteiger partial charge is 0.262 e. The molecule has 130 valence electrons. The molecular formula is C20H22N2O3. The van der Waals surface area contributed by atoms with E-state index >= 15 is 0 Å². The molecule has 2 aromatic carbocycles. The summed E-state index contributed by atoms with van der Waals surface area (Å²) in [5.41, 5.74) is 2.45. The van der Waals surface area contributed by atoms with E-state index < -0.39 is 0 Å². The highest BCUT2D eigenvalue weighted by atomic mass is 16.5. The molecule has 0 radical (unpaired) electrons. The van der Waals surface area contributed by atoms with E-state index in [0.29, 0.717) is 23.0 Å². The number of hydrogen-bond acceptors (Lipinski definition) is 4. The van der Waals surface area contributed by atoms with Gasteiger partial charge in [0, 0.05) is 11.8 Å². The average molecular weight is 338 g/mol. The first-order chi connectivity index (χ1) is 12.1. The zero-order chi connectivity index (χ0) is 18.2. The molecule has 0 aliphatic rings. The van der Waals surface area contributed by atoms with Gasteiger partial charge in [-0.3, -0.25) is 4.79 Å². The molecule has 1 atom stereocenters. The van der Waals surface area contributed by atoms with Crippen LogP contribution in [-0.2, 0) is 4.79 Å². The fourth-order valence-electron chi connectivity index (χ4n) is 2.33. The fraction of sp³-hybridized carbons (Fsp3) is 0.300. The number of hydrogen-bond donors (Lipinski definition) is 1. The van der Waals surface area contributed by atoms with Gasteiger partial charge in [0.05, 0.1) is 18.7 Å². The van der Waals surface area contributed by atoms with Crippen LogP contribution in [0.4, 0.5) is 5.69 Å². The molecule has 0 aliphatic carbocycles. The van der Waals surface area contributed by atoms with Crippen LogP contribution in [0.5, 0.6) is 11.5 Å². The van der Waals surface area contributed by atoms with E-state index in [0.717, 1.165) is 12.1 Å². The van der Waals surface area contributed by atoms with Gasteiger partial charge in [-0.2, -0.15) is 5.26 Å². The van der Waals surface area contributed by atoms with Crippen LogP contribution in [-0.4, -0.2) is 19.6 Å². The second-order valence-electron chi connectivity index (χ2n) is 5.75. The Morgan fingerprint density at radius 1 is 1.20 bits per heavy atom. The van der Waals surface area contributed by atoms with Crippen LogP contribution in [0.25, 0.3) is 0 Å². The van der Waals surface area contributed by atoms with E-state index in [1.54, 1.807) is 18.2 Å². The predicted molar refractivity (Wildman–Crippen MR) is 97.0 cm³/mol. The van der Waals surface area contributed by atoms with Gasteiger partial charge in [-0.15, -0.1) is 0 Å². The number of carbonyl (C=O) groups excluding carboxylic acids is 1. The first-order valence-electron chi connectivity index (χ1n) is 8.18. The molecule has 0 heterocycles. The monoisotopic (exact) mass is 338 g/mol. The highest BCUT2D eigenvalue weighted by Crippen LogP contribution is 2.27. The summed E-state index contributed by atoms with van der Waals surface area (Å²) < 4.78 is 10.7. The molecule has 0 bridgehead atoms. The van der Waals surface area contributed by atoms with Crippen molar-refractivity contribution in [3.63, 3.8) is 0 Å². The molecule has 1 N–H and O–H groups in total. The molecule has 0 saturated carbocycles. The van der Waals surface area contributed by atoms with Gasteiger partial charge in [-0.1, -0.05) is 26.0 Å². The van der Waals surface area contributed by atoms with Crippen LogP contribution >= 0.6 is 0 Å². The molecule has 2 rings (SSSR count). The highest BCUT2D eigenvalue weighted by Gasteiger charge is 2.09. The third-order valence-corrected chi connectivity index (χ3v) is 4.03. The first kappa shape index (κ1) is 18.3. The summed E-state index contributed by atoms with van der Waals surface area (Å²) in [6.07, 6.45) is 1.08. The Morgan fingerprint density at radius 2 is 1.92 bits per heavy atom. The number of nitrogens with one attached hydrogen (secondary N) is 1. The molecule has 0 unspecified atom stereocenters. The third-order valence-electron chi connectivity index (χ3n) is 4.03. The maximum atomic E-state index is 12.1. The van der Waals surface area contributed by atoms with E-state index in [9.17, 15) is 4.79 Å². The third kappa shape index (κ3) is 4.98. The predicted octanol–water partition coefficient (Wildman–Crippen LogP) is 4.10. The lowest BCUT2D eigenvalue weighted by Gasteiger charge is -2.12. The Hall–Kier alpha value is -3.00. The van der Waals surface area contributed by atoms with Crippen molar-refractivity contribution in [3.05, 3.63) is 53.6 Å². The summed E-state index contributed by atoms with van der Waals surface area (Å²) in [5, 5.41) is 11.7. The highest BCUT2D eigenvalue weighted by molar-refractivity contribution is 5.91. The number of rotatable bonds is 7.